The highest BCUT2D eigenvalue weighted by Crippen LogP contribution is 2.36. The number of nitrogens with zero attached hydrogens (tertiary/aromatic N) is 2. The molecule has 0 radical (unpaired) electrons. The minimum atomic E-state index is 0.193. The zero-order valence-electron chi connectivity index (χ0n) is 10.9. The lowest BCUT2D eigenvalue weighted by molar-refractivity contribution is 0.139. The molecule has 2 aliphatic rings. The second kappa shape index (κ2) is 5.41. The van der Waals surface area contributed by atoms with Crippen LogP contribution in [0.5, 0.6) is 0 Å². The first-order valence-corrected chi connectivity index (χ1v) is 7.26. The zero-order valence-corrected chi connectivity index (χ0v) is 10.9. The van der Waals surface area contributed by atoms with Gasteiger partial charge in [-0.25, -0.2) is 0 Å². The van der Waals surface area contributed by atoms with Gasteiger partial charge in [0.1, 0.15) is 0 Å². The molecule has 1 aromatic rings. The summed E-state index contributed by atoms with van der Waals surface area (Å²) in [5.41, 5.74) is 2.24. The Morgan fingerprint density at radius 1 is 1.33 bits per heavy atom. The van der Waals surface area contributed by atoms with Crippen LogP contribution < -0.4 is 0 Å². The molecular formula is C14H23N3O. The van der Waals surface area contributed by atoms with E-state index in [0.717, 1.165) is 11.6 Å². The highest BCUT2D eigenvalue weighted by atomic mass is 16.3. The molecule has 0 aromatic carbocycles. The summed E-state index contributed by atoms with van der Waals surface area (Å²) < 4.78 is 0. The topological polar surface area (TPSA) is 52.1 Å². The molecule has 0 unspecified atom stereocenters. The normalized spacial score (nSPS) is 25.5. The smallest absolute Gasteiger partial charge is 0.0796 e. The number of hydrogen-bond acceptors (Lipinski definition) is 3. The van der Waals surface area contributed by atoms with E-state index in [-0.39, 0.29) is 6.61 Å². The minimum Gasteiger partial charge on any atom is -0.396 e. The first-order valence-electron chi connectivity index (χ1n) is 7.26. The van der Waals surface area contributed by atoms with Crippen molar-refractivity contribution >= 4 is 0 Å². The number of aromatic amines is 1. The Morgan fingerprint density at radius 2 is 2.22 bits per heavy atom. The molecule has 0 amide bonds. The van der Waals surface area contributed by atoms with Crippen molar-refractivity contribution in [3.8, 4) is 0 Å². The van der Waals surface area contributed by atoms with Crippen LogP contribution in [0.15, 0.2) is 6.07 Å². The fourth-order valence-corrected chi connectivity index (χ4v) is 2.98. The number of aromatic nitrogens is 2. The van der Waals surface area contributed by atoms with Crippen molar-refractivity contribution in [2.75, 3.05) is 19.7 Å². The molecule has 0 bridgehead atoms. The lowest BCUT2D eigenvalue weighted by Crippen LogP contribution is -2.35. The SMILES string of the molecule is OCCc1cc([C@H]2CCCCN2CC2CC2)n[nH]1. The molecule has 2 heterocycles. The Hall–Kier alpha value is -0.870. The van der Waals surface area contributed by atoms with Gasteiger partial charge in [-0.3, -0.25) is 10.00 Å². The van der Waals surface area contributed by atoms with E-state index in [0.29, 0.717) is 12.5 Å². The van der Waals surface area contributed by atoms with E-state index in [2.05, 4.69) is 21.2 Å². The van der Waals surface area contributed by atoms with E-state index < -0.39 is 0 Å². The summed E-state index contributed by atoms with van der Waals surface area (Å²) in [6.45, 7) is 2.67. The fourth-order valence-electron chi connectivity index (χ4n) is 2.98. The summed E-state index contributed by atoms with van der Waals surface area (Å²) in [5, 5.41) is 16.5. The van der Waals surface area contributed by atoms with Crippen molar-refractivity contribution in [1.29, 1.82) is 0 Å². The van der Waals surface area contributed by atoms with E-state index in [1.54, 1.807) is 0 Å². The van der Waals surface area contributed by atoms with E-state index in [1.807, 2.05) is 0 Å². The van der Waals surface area contributed by atoms with E-state index in [1.165, 1.54) is 50.9 Å². The Balaban J connectivity index is 1.69. The monoisotopic (exact) mass is 249 g/mol. The largest absolute Gasteiger partial charge is 0.396 e. The van der Waals surface area contributed by atoms with Crippen LogP contribution >= 0.6 is 0 Å². The average Bonchev–Trinajstić information content (AvgIpc) is 3.07. The second-order valence-electron chi connectivity index (χ2n) is 5.74. The molecule has 18 heavy (non-hydrogen) atoms. The maximum Gasteiger partial charge on any atom is 0.0796 e. The third kappa shape index (κ3) is 2.75. The lowest BCUT2D eigenvalue weighted by atomic mass is 9.98. The Morgan fingerprint density at radius 3 is 3.00 bits per heavy atom. The molecule has 1 aliphatic heterocycles. The molecule has 4 nitrogen and oxygen atoms in total. The van der Waals surface area contributed by atoms with Gasteiger partial charge in [0.05, 0.1) is 11.7 Å². The molecule has 3 rings (SSSR count). The van der Waals surface area contributed by atoms with Gasteiger partial charge < -0.3 is 5.11 Å². The molecule has 1 aromatic heterocycles. The quantitative estimate of drug-likeness (QED) is 0.837. The Labute approximate surface area is 108 Å². The van der Waals surface area contributed by atoms with Crippen molar-refractivity contribution < 1.29 is 5.11 Å². The Kier molecular flexibility index (Phi) is 3.66. The van der Waals surface area contributed by atoms with E-state index in [4.69, 9.17) is 5.11 Å². The molecule has 100 valence electrons. The summed E-state index contributed by atoms with van der Waals surface area (Å²) in [5.74, 6) is 0.946. The third-order valence-corrected chi connectivity index (χ3v) is 4.18. The number of nitrogens with one attached hydrogen (secondary N) is 1. The lowest BCUT2D eigenvalue weighted by Gasteiger charge is -2.34. The van der Waals surface area contributed by atoms with Crippen molar-refractivity contribution in [1.82, 2.24) is 15.1 Å². The number of aliphatic hydroxyl groups is 1. The third-order valence-electron chi connectivity index (χ3n) is 4.18. The van der Waals surface area contributed by atoms with Crippen LogP contribution in [0.2, 0.25) is 0 Å². The van der Waals surface area contributed by atoms with Crippen LogP contribution in [-0.2, 0) is 6.42 Å². The summed E-state index contributed by atoms with van der Waals surface area (Å²) >= 11 is 0. The van der Waals surface area contributed by atoms with Gasteiger partial charge in [-0.1, -0.05) is 6.42 Å². The molecule has 1 saturated carbocycles. The van der Waals surface area contributed by atoms with Gasteiger partial charge in [-0.2, -0.15) is 5.10 Å². The van der Waals surface area contributed by atoms with Crippen molar-refractivity contribution in [3.63, 3.8) is 0 Å². The molecule has 2 fully saturated rings. The van der Waals surface area contributed by atoms with Gasteiger partial charge in [-0.15, -0.1) is 0 Å². The molecule has 0 spiro atoms. The van der Waals surface area contributed by atoms with Crippen molar-refractivity contribution in [3.05, 3.63) is 17.5 Å². The van der Waals surface area contributed by atoms with Crippen LogP contribution in [0.4, 0.5) is 0 Å². The number of H-pyrrole nitrogens is 1. The standard InChI is InChI=1S/C14H23N3O/c18-8-6-12-9-13(16-15-12)14-3-1-2-7-17(14)10-11-4-5-11/h9,11,14,18H,1-8,10H2,(H,15,16)/t14-/m1/s1. The zero-order chi connectivity index (χ0) is 12.4. The number of aliphatic hydroxyl groups excluding tert-OH is 1. The van der Waals surface area contributed by atoms with Gasteiger partial charge in [-0.05, 0) is 44.2 Å². The van der Waals surface area contributed by atoms with E-state index in [9.17, 15) is 0 Å². The molecule has 2 N–H and O–H groups in total. The van der Waals surface area contributed by atoms with Gasteiger partial charge in [0.25, 0.3) is 0 Å². The second-order valence-corrected chi connectivity index (χ2v) is 5.74. The highest BCUT2D eigenvalue weighted by molar-refractivity contribution is 5.14. The van der Waals surface area contributed by atoms with Crippen LogP contribution in [0.3, 0.4) is 0 Å². The average molecular weight is 249 g/mol. The maximum absolute atomic E-state index is 8.96. The van der Waals surface area contributed by atoms with Crippen LogP contribution in [0.1, 0.15) is 49.5 Å². The number of likely N-dealkylation sites (tertiary alicyclic amines) is 1. The van der Waals surface area contributed by atoms with Crippen LogP contribution in [0.25, 0.3) is 0 Å². The molecule has 1 saturated heterocycles. The molecule has 1 aliphatic carbocycles. The number of hydrogen-bond donors (Lipinski definition) is 2. The minimum absolute atomic E-state index is 0.193. The first-order chi connectivity index (χ1) is 8.86. The van der Waals surface area contributed by atoms with Gasteiger partial charge in [0.2, 0.25) is 0 Å². The molecule has 4 heteroatoms. The molecular weight excluding hydrogens is 226 g/mol. The summed E-state index contributed by atoms with van der Waals surface area (Å²) in [6.07, 6.45) is 7.39. The van der Waals surface area contributed by atoms with Gasteiger partial charge in [0, 0.05) is 25.3 Å². The number of piperidine rings is 1. The predicted molar refractivity (Wildman–Crippen MR) is 70.3 cm³/mol. The van der Waals surface area contributed by atoms with Crippen molar-refractivity contribution in [2.24, 2.45) is 5.92 Å². The van der Waals surface area contributed by atoms with Crippen molar-refractivity contribution in [2.45, 2.75) is 44.6 Å². The maximum atomic E-state index is 8.96. The van der Waals surface area contributed by atoms with Crippen LogP contribution in [-0.4, -0.2) is 39.9 Å². The summed E-state index contributed by atoms with van der Waals surface area (Å²) in [7, 11) is 0. The van der Waals surface area contributed by atoms with Gasteiger partial charge >= 0.3 is 0 Å². The fraction of sp³-hybridized carbons (Fsp3) is 0.786. The molecule has 1 atom stereocenters. The first kappa shape index (κ1) is 12.2. The summed E-state index contributed by atoms with van der Waals surface area (Å²) in [4.78, 5) is 2.63. The van der Waals surface area contributed by atoms with Crippen LogP contribution in [0, 0.1) is 5.92 Å². The van der Waals surface area contributed by atoms with E-state index >= 15 is 0 Å². The predicted octanol–water partition coefficient (Wildman–Crippen LogP) is 1.88. The van der Waals surface area contributed by atoms with Gasteiger partial charge in [0.15, 0.2) is 0 Å². The number of rotatable bonds is 5. The summed E-state index contributed by atoms with van der Waals surface area (Å²) in [6, 6.07) is 2.65. The Bertz CT molecular complexity index is 386. The highest BCUT2D eigenvalue weighted by Gasteiger charge is 2.31.